The van der Waals surface area contributed by atoms with Crippen molar-refractivity contribution in [1.29, 1.82) is 0 Å². The number of ether oxygens (including phenoxy) is 1. The molecule has 0 fully saturated rings. The van der Waals surface area contributed by atoms with Crippen molar-refractivity contribution < 1.29 is 14.6 Å². The van der Waals surface area contributed by atoms with E-state index in [2.05, 4.69) is 17.2 Å². The molecule has 0 saturated heterocycles. The fourth-order valence-electron chi connectivity index (χ4n) is 1.92. The number of anilines is 1. The van der Waals surface area contributed by atoms with Crippen molar-refractivity contribution in [2.75, 3.05) is 19.0 Å². The highest BCUT2D eigenvalue weighted by molar-refractivity contribution is 5.88. The molecule has 19 heavy (non-hydrogen) atoms. The van der Waals surface area contributed by atoms with Crippen molar-refractivity contribution in [2.24, 2.45) is 0 Å². The Morgan fingerprint density at radius 1 is 1.47 bits per heavy atom. The summed E-state index contributed by atoms with van der Waals surface area (Å²) in [5.74, 6) is -0.328. The molecule has 0 bridgehead atoms. The van der Waals surface area contributed by atoms with Gasteiger partial charge in [-0.05, 0) is 25.0 Å². The van der Waals surface area contributed by atoms with Crippen molar-refractivity contribution in [3.63, 3.8) is 0 Å². The first-order valence-electron chi connectivity index (χ1n) is 6.60. The first-order chi connectivity index (χ1) is 9.10. The van der Waals surface area contributed by atoms with E-state index in [0.29, 0.717) is 18.8 Å². The van der Waals surface area contributed by atoms with Gasteiger partial charge in [-0.25, -0.2) is 9.78 Å². The summed E-state index contributed by atoms with van der Waals surface area (Å²) in [6, 6.07) is 3.33. The van der Waals surface area contributed by atoms with E-state index in [-0.39, 0.29) is 11.6 Å². The number of rotatable bonds is 8. The molecule has 0 radical (unpaired) electrons. The molecule has 0 amide bonds. The van der Waals surface area contributed by atoms with Crippen LogP contribution in [0.2, 0.25) is 0 Å². The van der Waals surface area contributed by atoms with Crippen molar-refractivity contribution >= 4 is 11.8 Å². The Kier molecular flexibility index (Phi) is 6.29. The number of methoxy groups -OCH3 is 1. The van der Waals surface area contributed by atoms with Crippen LogP contribution < -0.4 is 5.32 Å². The molecule has 2 N–H and O–H groups in total. The number of nitrogens with zero attached hydrogens (tertiary/aromatic N) is 1. The number of aryl methyl sites for hydroxylation is 1. The van der Waals surface area contributed by atoms with Gasteiger partial charge in [0.15, 0.2) is 0 Å². The van der Waals surface area contributed by atoms with Crippen LogP contribution in [-0.2, 0) is 11.2 Å². The maximum atomic E-state index is 11.1. The van der Waals surface area contributed by atoms with E-state index in [1.807, 2.05) is 6.92 Å². The second-order valence-electron chi connectivity index (χ2n) is 4.48. The van der Waals surface area contributed by atoms with Crippen molar-refractivity contribution in [1.82, 2.24) is 4.98 Å². The van der Waals surface area contributed by atoms with Gasteiger partial charge in [0.2, 0.25) is 0 Å². The SMILES string of the molecule is CCCC(COC)Nc1cc(C(=O)O)cc(CC)n1. The fourth-order valence-corrected chi connectivity index (χ4v) is 1.92. The predicted molar refractivity (Wildman–Crippen MR) is 74.8 cm³/mol. The van der Waals surface area contributed by atoms with Crippen LogP contribution in [0.4, 0.5) is 5.82 Å². The summed E-state index contributed by atoms with van der Waals surface area (Å²) in [5, 5.41) is 12.3. The summed E-state index contributed by atoms with van der Waals surface area (Å²) in [4.78, 5) is 15.5. The Morgan fingerprint density at radius 2 is 2.21 bits per heavy atom. The number of pyridine rings is 1. The predicted octanol–water partition coefficient (Wildman–Crippen LogP) is 2.57. The largest absolute Gasteiger partial charge is 0.478 e. The highest BCUT2D eigenvalue weighted by Gasteiger charge is 2.12. The van der Waals surface area contributed by atoms with Crippen LogP contribution in [0.5, 0.6) is 0 Å². The number of carbonyl (C=O) groups is 1. The lowest BCUT2D eigenvalue weighted by atomic mass is 10.1. The van der Waals surface area contributed by atoms with Crippen LogP contribution in [0, 0.1) is 0 Å². The van der Waals surface area contributed by atoms with Crippen LogP contribution in [-0.4, -0.2) is 35.8 Å². The van der Waals surface area contributed by atoms with E-state index in [1.54, 1.807) is 19.2 Å². The van der Waals surface area contributed by atoms with E-state index in [0.717, 1.165) is 18.5 Å². The minimum absolute atomic E-state index is 0.149. The summed E-state index contributed by atoms with van der Waals surface area (Å²) in [7, 11) is 1.66. The maximum Gasteiger partial charge on any atom is 0.335 e. The zero-order chi connectivity index (χ0) is 14.3. The molecular weight excluding hydrogens is 244 g/mol. The van der Waals surface area contributed by atoms with E-state index in [9.17, 15) is 4.79 Å². The van der Waals surface area contributed by atoms with Gasteiger partial charge in [-0.3, -0.25) is 0 Å². The molecule has 5 nitrogen and oxygen atoms in total. The monoisotopic (exact) mass is 266 g/mol. The Bertz CT molecular complexity index is 415. The van der Waals surface area contributed by atoms with Gasteiger partial charge in [-0.2, -0.15) is 0 Å². The van der Waals surface area contributed by atoms with Gasteiger partial charge in [0.05, 0.1) is 18.2 Å². The number of aromatic nitrogens is 1. The highest BCUT2D eigenvalue weighted by Crippen LogP contribution is 2.14. The van der Waals surface area contributed by atoms with Gasteiger partial charge < -0.3 is 15.2 Å². The van der Waals surface area contributed by atoms with Crippen molar-refractivity contribution in [2.45, 2.75) is 39.2 Å². The Balaban J connectivity index is 2.91. The molecule has 1 unspecified atom stereocenters. The van der Waals surface area contributed by atoms with Gasteiger partial charge in [-0.1, -0.05) is 20.3 Å². The first kappa shape index (κ1) is 15.4. The van der Waals surface area contributed by atoms with E-state index < -0.39 is 5.97 Å². The second-order valence-corrected chi connectivity index (χ2v) is 4.48. The van der Waals surface area contributed by atoms with Crippen LogP contribution >= 0.6 is 0 Å². The Hall–Kier alpha value is -1.62. The lowest BCUT2D eigenvalue weighted by Gasteiger charge is -2.18. The third-order valence-corrected chi connectivity index (χ3v) is 2.84. The molecule has 0 spiro atoms. The second kappa shape index (κ2) is 7.74. The zero-order valence-electron chi connectivity index (χ0n) is 11.8. The van der Waals surface area contributed by atoms with Crippen molar-refractivity contribution in [3.8, 4) is 0 Å². The van der Waals surface area contributed by atoms with Crippen LogP contribution in [0.3, 0.4) is 0 Å². The number of hydrogen-bond acceptors (Lipinski definition) is 4. The maximum absolute atomic E-state index is 11.1. The minimum Gasteiger partial charge on any atom is -0.478 e. The first-order valence-corrected chi connectivity index (χ1v) is 6.60. The summed E-state index contributed by atoms with van der Waals surface area (Å²) in [6.45, 7) is 4.63. The van der Waals surface area contributed by atoms with Gasteiger partial charge in [0.1, 0.15) is 5.82 Å². The van der Waals surface area contributed by atoms with Crippen LogP contribution in [0.1, 0.15) is 42.7 Å². The molecule has 1 aromatic rings. The molecule has 0 aliphatic rings. The summed E-state index contributed by atoms with van der Waals surface area (Å²) in [5.41, 5.74) is 1.04. The molecule has 0 aliphatic heterocycles. The van der Waals surface area contributed by atoms with E-state index in [4.69, 9.17) is 9.84 Å². The molecule has 0 aliphatic carbocycles. The Labute approximate surface area is 114 Å². The Morgan fingerprint density at radius 3 is 2.74 bits per heavy atom. The number of carboxylic acids is 1. The molecule has 0 saturated carbocycles. The van der Waals surface area contributed by atoms with Crippen LogP contribution in [0.25, 0.3) is 0 Å². The number of aromatic carboxylic acids is 1. The van der Waals surface area contributed by atoms with Crippen LogP contribution in [0.15, 0.2) is 12.1 Å². The fraction of sp³-hybridized carbons (Fsp3) is 0.571. The third-order valence-electron chi connectivity index (χ3n) is 2.84. The molecular formula is C14H22N2O3. The smallest absolute Gasteiger partial charge is 0.335 e. The summed E-state index contributed by atoms with van der Waals surface area (Å²) < 4.78 is 5.16. The average molecular weight is 266 g/mol. The van der Waals surface area contributed by atoms with Gasteiger partial charge >= 0.3 is 5.97 Å². The number of hydrogen-bond donors (Lipinski definition) is 2. The van der Waals surface area contributed by atoms with E-state index in [1.165, 1.54) is 0 Å². The normalized spacial score (nSPS) is 12.2. The number of nitrogens with one attached hydrogen (secondary N) is 1. The topological polar surface area (TPSA) is 71.5 Å². The summed E-state index contributed by atoms with van der Waals surface area (Å²) in [6.07, 6.45) is 2.69. The van der Waals surface area contributed by atoms with Gasteiger partial charge in [0, 0.05) is 12.8 Å². The quantitative estimate of drug-likeness (QED) is 0.756. The summed E-state index contributed by atoms with van der Waals surface area (Å²) >= 11 is 0. The lowest BCUT2D eigenvalue weighted by Crippen LogP contribution is -2.25. The van der Waals surface area contributed by atoms with Gasteiger partial charge in [0.25, 0.3) is 0 Å². The number of carboxylic acid groups (broad SMARTS) is 1. The molecule has 5 heteroatoms. The molecule has 1 aromatic heterocycles. The zero-order valence-corrected chi connectivity index (χ0v) is 11.8. The lowest BCUT2D eigenvalue weighted by molar-refractivity contribution is 0.0696. The van der Waals surface area contributed by atoms with E-state index >= 15 is 0 Å². The van der Waals surface area contributed by atoms with Crippen molar-refractivity contribution in [3.05, 3.63) is 23.4 Å². The highest BCUT2D eigenvalue weighted by atomic mass is 16.5. The van der Waals surface area contributed by atoms with Gasteiger partial charge in [-0.15, -0.1) is 0 Å². The minimum atomic E-state index is -0.932. The molecule has 1 rings (SSSR count). The molecule has 1 heterocycles. The molecule has 1 atom stereocenters. The average Bonchev–Trinajstić information content (AvgIpc) is 2.38. The molecule has 106 valence electrons. The standard InChI is InChI=1S/C14H22N2O3/c1-4-6-12(9-19-3)16-13-8-10(14(17)18)7-11(5-2)15-13/h7-8,12H,4-6,9H2,1-3H3,(H,15,16)(H,17,18). The third kappa shape index (κ3) is 4.87. The molecule has 0 aromatic carbocycles.